The van der Waals surface area contributed by atoms with Crippen molar-refractivity contribution in [2.75, 3.05) is 20.3 Å². The van der Waals surface area contributed by atoms with Gasteiger partial charge in [0.2, 0.25) is 0 Å². The highest BCUT2D eigenvalue weighted by atomic mass is 16.5. The predicted octanol–water partition coefficient (Wildman–Crippen LogP) is 2.54. The molecule has 3 aliphatic heterocycles. The minimum Gasteiger partial charge on any atom is -0.484 e. The molecule has 2 spiro atoms. The van der Waals surface area contributed by atoms with Crippen molar-refractivity contribution in [1.82, 2.24) is 15.1 Å². The van der Waals surface area contributed by atoms with E-state index in [4.69, 9.17) is 20.2 Å². The maximum atomic E-state index is 13.5. The smallest absolute Gasteiger partial charge is 0.261 e. The summed E-state index contributed by atoms with van der Waals surface area (Å²) < 4.78 is 12.2. The molecule has 1 saturated heterocycles. The number of aromatic amines is 1. The van der Waals surface area contributed by atoms with Crippen molar-refractivity contribution < 1.29 is 14.3 Å². The molecule has 1 unspecified atom stereocenters. The lowest BCUT2D eigenvalue weighted by Gasteiger charge is -2.46. The van der Waals surface area contributed by atoms with Gasteiger partial charge in [-0.1, -0.05) is 18.2 Å². The Morgan fingerprint density at radius 3 is 2.81 bits per heavy atom. The normalized spacial score (nSPS) is 27.6. The summed E-state index contributed by atoms with van der Waals surface area (Å²) in [5, 5.41) is 8.16. The Bertz CT molecular complexity index is 1240. The number of amides is 1. The van der Waals surface area contributed by atoms with Gasteiger partial charge in [0, 0.05) is 31.0 Å². The van der Waals surface area contributed by atoms with E-state index in [1.54, 1.807) is 13.2 Å². The van der Waals surface area contributed by atoms with Crippen LogP contribution in [0, 0.1) is 0 Å². The van der Waals surface area contributed by atoms with E-state index in [1.165, 1.54) is 4.90 Å². The first-order valence-electron chi connectivity index (χ1n) is 10.5. The first kappa shape index (κ1) is 18.4. The topological polar surface area (TPSA) is 106 Å². The number of nitrogens with zero attached hydrogens (tertiary/aromatic N) is 3. The van der Waals surface area contributed by atoms with Crippen LogP contribution in [0.2, 0.25) is 0 Å². The first-order valence-corrected chi connectivity index (χ1v) is 10.5. The molecule has 3 aliphatic rings. The van der Waals surface area contributed by atoms with Gasteiger partial charge in [-0.15, -0.1) is 0 Å². The highest BCUT2D eigenvalue weighted by Crippen LogP contribution is 2.51. The number of rotatable bonds is 1. The average Bonchev–Trinajstić information content (AvgIpc) is 3.33. The van der Waals surface area contributed by atoms with Crippen LogP contribution in [0.3, 0.4) is 0 Å². The number of fused-ring (bicyclic) bond motifs is 3. The number of carbonyl (C=O) groups is 1. The molecule has 1 fully saturated rings. The molecule has 6 rings (SSSR count). The Hall–Kier alpha value is -3.39. The molecule has 3 N–H and O–H groups in total. The van der Waals surface area contributed by atoms with E-state index in [-0.39, 0.29) is 11.9 Å². The van der Waals surface area contributed by atoms with Gasteiger partial charge in [-0.25, -0.2) is 4.99 Å². The molecule has 2 atom stereocenters. The van der Waals surface area contributed by atoms with E-state index in [0.717, 1.165) is 40.4 Å². The zero-order valence-electron chi connectivity index (χ0n) is 17.2. The number of carbonyl (C=O) groups excluding carboxylic acids is 1. The Morgan fingerprint density at radius 1 is 1.19 bits per heavy atom. The fourth-order valence-corrected chi connectivity index (χ4v) is 5.11. The fourth-order valence-electron chi connectivity index (χ4n) is 5.11. The summed E-state index contributed by atoms with van der Waals surface area (Å²) in [7, 11) is 1.67. The number of nitrogens with two attached hydrogens (primary N) is 1. The molecule has 0 bridgehead atoms. The van der Waals surface area contributed by atoms with Crippen LogP contribution in [0.1, 0.15) is 24.8 Å². The summed E-state index contributed by atoms with van der Waals surface area (Å²) >= 11 is 0. The van der Waals surface area contributed by atoms with Crippen molar-refractivity contribution in [3.63, 3.8) is 0 Å². The molecule has 3 aromatic rings. The second kappa shape index (κ2) is 6.31. The van der Waals surface area contributed by atoms with Crippen molar-refractivity contribution in [2.45, 2.75) is 30.4 Å². The van der Waals surface area contributed by atoms with Gasteiger partial charge < -0.3 is 15.2 Å². The van der Waals surface area contributed by atoms with Crippen LogP contribution < -0.4 is 10.5 Å². The standard InChI is InChI=1S/C23H23N5O3/c1-28-20(29)23(26-21(28)24)12-22(7-2-8-30-13-22)31-19-6-5-14(9-17(19)23)15-3-4-16-11-25-27-18(16)10-15/h3-6,9-11H,2,7-8,12-13H2,1H3,(H2,24,26)(H,25,27)/t22-,23?/m1/s1. The molecule has 1 amide bonds. The summed E-state index contributed by atoms with van der Waals surface area (Å²) in [5.74, 6) is 0.776. The largest absolute Gasteiger partial charge is 0.484 e. The molecular weight excluding hydrogens is 394 g/mol. The van der Waals surface area contributed by atoms with Gasteiger partial charge in [0.05, 0.1) is 18.3 Å². The van der Waals surface area contributed by atoms with Crippen molar-refractivity contribution >= 4 is 22.8 Å². The zero-order chi connectivity index (χ0) is 21.2. The third-order valence-corrected chi connectivity index (χ3v) is 6.70. The van der Waals surface area contributed by atoms with Gasteiger partial charge in [0.25, 0.3) is 5.91 Å². The maximum Gasteiger partial charge on any atom is 0.261 e. The third-order valence-electron chi connectivity index (χ3n) is 6.70. The lowest BCUT2D eigenvalue weighted by Crippen LogP contribution is -2.55. The van der Waals surface area contributed by atoms with Gasteiger partial charge in [-0.3, -0.25) is 14.8 Å². The monoisotopic (exact) mass is 417 g/mol. The van der Waals surface area contributed by atoms with Crippen molar-refractivity contribution in [2.24, 2.45) is 10.7 Å². The average molecular weight is 417 g/mol. The minimum atomic E-state index is -1.10. The molecule has 0 aliphatic carbocycles. The number of hydrogen-bond acceptors (Lipinski definition) is 6. The van der Waals surface area contributed by atoms with Crippen LogP contribution in [0.15, 0.2) is 47.6 Å². The lowest BCUT2D eigenvalue weighted by molar-refractivity contribution is -0.139. The summed E-state index contributed by atoms with van der Waals surface area (Å²) in [6, 6.07) is 12.1. The Kier molecular flexibility index (Phi) is 3.74. The van der Waals surface area contributed by atoms with E-state index < -0.39 is 11.1 Å². The quantitative estimate of drug-likeness (QED) is 0.633. The van der Waals surface area contributed by atoms with Crippen LogP contribution in [-0.2, 0) is 15.1 Å². The summed E-state index contributed by atoms with van der Waals surface area (Å²) in [6.45, 7) is 1.15. The molecule has 1 aromatic heterocycles. The van der Waals surface area contributed by atoms with Gasteiger partial charge in [-0.05, 0) is 42.2 Å². The van der Waals surface area contributed by atoms with E-state index in [2.05, 4.69) is 16.3 Å². The first-order chi connectivity index (χ1) is 15.0. The number of hydrogen-bond donors (Lipinski definition) is 2. The number of aliphatic imine (C=N–C) groups is 1. The maximum absolute atomic E-state index is 13.5. The van der Waals surface area contributed by atoms with Gasteiger partial charge in [-0.2, -0.15) is 5.10 Å². The zero-order valence-corrected chi connectivity index (χ0v) is 17.2. The molecule has 0 saturated carbocycles. The van der Waals surface area contributed by atoms with Crippen LogP contribution >= 0.6 is 0 Å². The van der Waals surface area contributed by atoms with E-state index in [1.807, 2.05) is 30.3 Å². The number of aromatic nitrogens is 2. The SMILES string of the molecule is CN1C(=O)C2(C[C@@]3(CCCOC3)Oc3ccc(-c4ccc5cn[nH]c5c4)cc32)N=C1N. The highest BCUT2D eigenvalue weighted by molar-refractivity contribution is 6.07. The van der Waals surface area contributed by atoms with Gasteiger partial charge in [0.15, 0.2) is 11.5 Å². The molecule has 4 heterocycles. The molecule has 158 valence electrons. The van der Waals surface area contributed by atoms with Crippen LogP contribution in [0.5, 0.6) is 5.75 Å². The van der Waals surface area contributed by atoms with Crippen molar-refractivity contribution in [1.29, 1.82) is 0 Å². The van der Waals surface area contributed by atoms with Crippen molar-refractivity contribution in [3.8, 4) is 16.9 Å². The summed E-state index contributed by atoms with van der Waals surface area (Å²) in [4.78, 5) is 19.7. The highest BCUT2D eigenvalue weighted by Gasteiger charge is 2.58. The van der Waals surface area contributed by atoms with Gasteiger partial charge in [0.1, 0.15) is 11.4 Å². The molecule has 8 nitrogen and oxygen atoms in total. The second-order valence-corrected chi connectivity index (χ2v) is 8.70. The molecule has 31 heavy (non-hydrogen) atoms. The Labute approximate surface area is 179 Å². The third kappa shape index (κ3) is 2.61. The number of benzene rings is 2. The summed E-state index contributed by atoms with van der Waals surface area (Å²) in [5.41, 5.74) is 8.15. The Balaban J connectivity index is 1.52. The molecule has 2 aromatic carbocycles. The van der Waals surface area contributed by atoms with E-state index >= 15 is 0 Å². The summed E-state index contributed by atoms with van der Waals surface area (Å²) in [6.07, 6.45) is 3.92. The van der Waals surface area contributed by atoms with Crippen LogP contribution in [0.4, 0.5) is 0 Å². The molecular formula is C23H23N5O3. The minimum absolute atomic E-state index is 0.124. The molecule has 8 heteroatoms. The van der Waals surface area contributed by atoms with Gasteiger partial charge >= 0.3 is 0 Å². The Morgan fingerprint density at radius 2 is 2.03 bits per heavy atom. The van der Waals surface area contributed by atoms with Crippen molar-refractivity contribution in [3.05, 3.63) is 48.2 Å². The number of nitrogens with one attached hydrogen (secondary N) is 1. The van der Waals surface area contributed by atoms with E-state index in [9.17, 15) is 4.79 Å². The van der Waals surface area contributed by atoms with E-state index in [0.29, 0.717) is 25.4 Å². The molecule has 0 radical (unpaired) electrons. The predicted molar refractivity (Wildman–Crippen MR) is 116 cm³/mol. The number of likely N-dealkylation sites (N-methyl/N-ethyl adjacent to an activating group) is 1. The second-order valence-electron chi connectivity index (χ2n) is 8.70. The van der Waals surface area contributed by atoms with Crippen LogP contribution in [-0.4, -0.2) is 52.8 Å². The lowest BCUT2D eigenvalue weighted by atomic mass is 9.74. The van der Waals surface area contributed by atoms with Crippen LogP contribution in [0.25, 0.3) is 22.0 Å². The number of guanidine groups is 1. The fraction of sp³-hybridized carbons (Fsp3) is 0.348. The number of ether oxygens (including phenoxy) is 2. The number of H-pyrrole nitrogens is 1.